The van der Waals surface area contributed by atoms with E-state index in [1.54, 1.807) is 43.7 Å². The quantitative estimate of drug-likeness (QED) is 0.104. The first-order chi connectivity index (χ1) is 25.3. The molecule has 1 fully saturated rings. The number of piperazine rings is 1. The van der Waals surface area contributed by atoms with Crippen molar-refractivity contribution in [3.05, 3.63) is 147 Å². The highest BCUT2D eigenvalue weighted by Gasteiger charge is 2.20. The van der Waals surface area contributed by atoms with Crippen molar-refractivity contribution >= 4 is 47.6 Å². The minimum Gasteiger partial charge on any atom is -0.497 e. The summed E-state index contributed by atoms with van der Waals surface area (Å²) in [6.45, 7) is 6.68. The molecule has 0 atom stereocenters. The van der Waals surface area contributed by atoms with E-state index >= 15 is 0 Å². The highest BCUT2D eigenvalue weighted by molar-refractivity contribution is 6.32. The van der Waals surface area contributed by atoms with Crippen molar-refractivity contribution in [2.24, 2.45) is 0 Å². The van der Waals surface area contributed by atoms with Crippen LogP contribution < -0.4 is 18.9 Å². The highest BCUT2D eigenvalue weighted by atomic mass is 35.5. The van der Waals surface area contributed by atoms with Gasteiger partial charge in [-0.1, -0.05) is 65.7 Å². The molecular weight excluding hydrogens is 733 g/mol. The van der Waals surface area contributed by atoms with Crippen molar-refractivity contribution in [1.82, 2.24) is 14.8 Å². The molecule has 0 saturated carbocycles. The summed E-state index contributed by atoms with van der Waals surface area (Å²) >= 11 is 12.8. The highest BCUT2D eigenvalue weighted by Crippen LogP contribution is 2.34. The molecule has 1 aromatic heterocycles. The van der Waals surface area contributed by atoms with Gasteiger partial charge in [-0.15, -0.1) is 12.4 Å². The molecule has 1 aliphatic heterocycles. The maximum absolute atomic E-state index is 13.1. The second kappa shape index (κ2) is 19.4. The monoisotopic (exact) mass is 773 g/mol. The van der Waals surface area contributed by atoms with Crippen molar-refractivity contribution < 1.29 is 23.7 Å². The number of pyridine rings is 1. The van der Waals surface area contributed by atoms with Gasteiger partial charge in [-0.05, 0) is 83.8 Å². The summed E-state index contributed by atoms with van der Waals surface area (Å²) in [6.07, 6.45) is 5.84. The molecule has 0 spiro atoms. The number of methoxy groups -OCH3 is 1. The van der Waals surface area contributed by atoms with Gasteiger partial charge in [-0.2, -0.15) is 0 Å². The Morgan fingerprint density at radius 1 is 0.811 bits per heavy atom. The SMILES string of the molecule is COc1ccc(OCCc2ccc(CN3CCN(C(=O)/C=C/c4cc(C)c(Oc5ccc(OCc6ccccc6Cl)cn5)c(Cl)c4)CC3)cc2)cc1.Cl. The number of carbonyl (C=O) groups is 1. The van der Waals surface area contributed by atoms with Crippen LogP contribution in [0.4, 0.5) is 0 Å². The normalized spacial score (nSPS) is 13.0. The largest absolute Gasteiger partial charge is 0.497 e. The first kappa shape index (κ1) is 39.5. The summed E-state index contributed by atoms with van der Waals surface area (Å²) in [5.74, 6) is 3.12. The van der Waals surface area contributed by atoms with Gasteiger partial charge in [0, 0.05) is 61.9 Å². The second-order valence-electron chi connectivity index (χ2n) is 12.5. The third kappa shape index (κ3) is 11.4. The number of hydrogen-bond donors (Lipinski definition) is 0. The molecule has 1 saturated heterocycles. The van der Waals surface area contributed by atoms with E-state index in [0.717, 1.165) is 54.2 Å². The zero-order valence-corrected chi connectivity index (χ0v) is 32.0. The van der Waals surface area contributed by atoms with Gasteiger partial charge in [0.25, 0.3) is 0 Å². The molecule has 6 rings (SSSR count). The number of ether oxygens (including phenoxy) is 4. The van der Waals surface area contributed by atoms with E-state index in [0.29, 0.717) is 53.7 Å². The van der Waals surface area contributed by atoms with Crippen molar-refractivity contribution in [2.75, 3.05) is 39.9 Å². The fraction of sp³-hybridized carbons (Fsp3) is 0.238. The summed E-state index contributed by atoms with van der Waals surface area (Å²) in [5.41, 5.74) is 5.02. The van der Waals surface area contributed by atoms with Crippen LogP contribution in [-0.4, -0.2) is 60.6 Å². The van der Waals surface area contributed by atoms with E-state index in [1.165, 1.54) is 11.1 Å². The molecule has 0 aliphatic carbocycles. The Morgan fingerprint density at radius 2 is 1.51 bits per heavy atom. The molecule has 8 nitrogen and oxygen atoms in total. The molecule has 276 valence electrons. The second-order valence-corrected chi connectivity index (χ2v) is 13.3. The van der Waals surface area contributed by atoms with Crippen molar-refractivity contribution in [1.29, 1.82) is 0 Å². The van der Waals surface area contributed by atoms with Gasteiger partial charge < -0.3 is 23.8 Å². The lowest BCUT2D eigenvalue weighted by Gasteiger charge is -2.34. The number of halogens is 3. The molecular formula is C42H42Cl3N3O5. The molecule has 0 radical (unpaired) electrons. The van der Waals surface area contributed by atoms with Gasteiger partial charge in [0.15, 0.2) is 5.75 Å². The van der Waals surface area contributed by atoms with Crippen LogP contribution in [0.2, 0.25) is 10.0 Å². The summed E-state index contributed by atoms with van der Waals surface area (Å²) in [5, 5.41) is 1.08. The van der Waals surface area contributed by atoms with Crippen LogP contribution >= 0.6 is 35.6 Å². The van der Waals surface area contributed by atoms with E-state index in [4.69, 9.17) is 42.1 Å². The number of nitrogens with zero attached hydrogens (tertiary/aromatic N) is 3. The predicted molar refractivity (Wildman–Crippen MR) is 213 cm³/mol. The predicted octanol–water partition coefficient (Wildman–Crippen LogP) is 9.48. The van der Waals surface area contributed by atoms with Gasteiger partial charge in [-0.3, -0.25) is 9.69 Å². The summed E-state index contributed by atoms with van der Waals surface area (Å²) in [6, 6.07) is 31.1. The van der Waals surface area contributed by atoms with Crippen LogP contribution in [0.1, 0.15) is 27.8 Å². The van der Waals surface area contributed by atoms with Crippen molar-refractivity contribution in [3.8, 4) is 28.9 Å². The van der Waals surface area contributed by atoms with Gasteiger partial charge in [-0.25, -0.2) is 4.98 Å². The molecule has 1 aliphatic rings. The number of rotatable bonds is 14. The van der Waals surface area contributed by atoms with Gasteiger partial charge >= 0.3 is 0 Å². The Bertz CT molecular complexity index is 1940. The molecule has 0 bridgehead atoms. The Labute approximate surface area is 327 Å². The number of amides is 1. The Balaban J connectivity index is 0.00000541. The number of aryl methyl sites for hydroxylation is 1. The number of aromatic nitrogens is 1. The number of hydrogen-bond acceptors (Lipinski definition) is 7. The topological polar surface area (TPSA) is 73.4 Å². The smallest absolute Gasteiger partial charge is 0.246 e. The molecule has 11 heteroatoms. The summed E-state index contributed by atoms with van der Waals surface area (Å²) in [4.78, 5) is 21.7. The van der Waals surface area contributed by atoms with E-state index in [9.17, 15) is 4.79 Å². The van der Waals surface area contributed by atoms with E-state index < -0.39 is 0 Å². The molecule has 2 heterocycles. The van der Waals surface area contributed by atoms with Gasteiger partial charge in [0.05, 0.1) is 24.9 Å². The third-order valence-electron chi connectivity index (χ3n) is 8.77. The van der Waals surface area contributed by atoms with Crippen LogP contribution in [0.3, 0.4) is 0 Å². The maximum atomic E-state index is 13.1. The zero-order chi connectivity index (χ0) is 36.3. The lowest BCUT2D eigenvalue weighted by atomic mass is 10.1. The van der Waals surface area contributed by atoms with Crippen LogP contribution in [0.15, 0.2) is 109 Å². The Morgan fingerprint density at radius 3 is 2.19 bits per heavy atom. The molecule has 0 N–H and O–H groups in total. The van der Waals surface area contributed by atoms with Gasteiger partial charge in [0.2, 0.25) is 11.8 Å². The van der Waals surface area contributed by atoms with Crippen LogP contribution in [-0.2, 0) is 24.4 Å². The molecule has 0 unspecified atom stereocenters. The van der Waals surface area contributed by atoms with Crippen LogP contribution in [0.5, 0.6) is 28.9 Å². The lowest BCUT2D eigenvalue weighted by molar-refractivity contribution is -0.127. The fourth-order valence-electron chi connectivity index (χ4n) is 5.80. The first-order valence-electron chi connectivity index (χ1n) is 17.2. The number of carbonyl (C=O) groups excluding carboxylic acids is 1. The molecule has 5 aromatic rings. The Hall–Kier alpha value is -4.73. The standard InChI is InChI=1S/C42H41Cl2N3O5.ClH/c1-30-25-33(26-39(44)42(30)52-40-17-16-37(27-45-40)51-29-34-5-3-4-6-38(34)43)11-18-41(48)47-22-20-46(21-23-47)28-32-9-7-31(8-10-32)19-24-50-36-14-12-35(49-2)13-15-36;/h3-18,25-27H,19-24,28-29H2,1-2H3;1H/b18-11+;. The zero-order valence-electron chi connectivity index (χ0n) is 29.7. The van der Waals surface area contributed by atoms with Crippen LogP contribution in [0, 0.1) is 6.92 Å². The summed E-state index contributed by atoms with van der Waals surface area (Å²) in [7, 11) is 1.65. The van der Waals surface area contributed by atoms with Crippen molar-refractivity contribution in [2.45, 2.75) is 26.5 Å². The fourth-order valence-corrected chi connectivity index (χ4v) is 6.31. The minimum absolute atomic E-state index is 0. The van der Waals surface area contributed by atoms with E-state index in [1.807, 2.05) is 66.4 Å². The summed E-state index contributed by atoms with van der Waals surface area (Å²) < 4.78 is 22.9. The molecule has 4 aromatic carbocycles. The van der Waals surface area contributed by atoms with Gasteiger partial charge in [0.1, 0.15) is 23.9 Å². The van der Waals surface area contributed by atoms with Crippen LogP contribution in [0.25, 0.3) is 6.08 Å². The third-order valence-corrected chi connectivity index (χ3v) is 9.42. The van der Waals surface area contributed by atoms with Crippen molar-refractivity contribution in [3.63, 3.8) is 0 Å². The lowest BCUT2D eigenvalue weighted by Crippen LogP contribution is -2.47. The first-order valence-corrected chi connectivity index (χ1v) is 17.9. The minimum atomic E-state index is -0.0176. The number of benzene rings is 4. The average molecular weight is 775 g/mol. The Kier molecular flexibility index (Phi) is 14.4. The average Bonchev–Trinajstić information content (AvgIpc) is 3.17. The molecule has 1 amide bonds. The maximum Gasteiger partial charge on any atom is 0.246 e. The van der Waals surface area contributed by atoms with E-state index in [-0.39, 0.29) is 18.3 Å². The van der Waals surface area contributed by atoms with E-state index in [2.05, 4.69) is 34.1 Å². The molecule has 53 heavy (non-hydrogen) atoms.